The highest BCUT2D eigenvalue weighted by Gasteiger charge is 2.11. The van der Waals surface area contributed by atoms with Crippen molar-refractivity contribution in [2.45, 2.75) is 13.8 Å². The zero-order chi connectivity index (χ0) is 17.1. The molecular formula is C19H16ClN3O. The third kappa shape index (κ3) is 3.60. The molecule has 3 rings (SSSR count). The van der Waals surface area contributed by atoms with Gasteiger partial charge in [0.2, 0.25) is 0 Å². The molecule has 0 saturated carbocycles. The maximum absolute atomic E-state index is 12.5. The first-order valence-corrected chi connectivity index (χ1v) is 7.88. The van der Waals surface area contributed by atoms with Gasteiger partial charge in [-0.25, -0.2) is 5.43 Å². The van der Waals surface area contributed by atoms with Crippen LogP contribution in [0, 0.1) is 13.8 Å². The number of carbonyl (C=O) groups is 1. The van der Waals surface area contributed by atoms with E-state index in [2.05, 4.69) is 15.5 Å². The van der Waals surface area contributed by atoms with Gasteiger partial charge in [0.25, 0.3) is 5.91 Å². The van der Waals surface area contributed by atoms with Crippen LogP contribution < -0.4 is 5.43 Å². The molecule has 0 atom stereocenters. The number of halogens is 1. The molecule has 0 unspecified atom stereocenters. The number of rotatable bonds is 3. The number of aryl methyl sites for hydroxylation is 2. The van der Waals surface area contributed by atoms with E-state index in [1.54, 1.807) is 24.4 Å². The van der Waals surface area contributed by atoms with Gasteiger partial charge in [0.1, 0.15) is 0 Å². The minimum absolute atomic E-state index is 0.263. The maximum Gasteiger partial charge on any atom is 0.272 e. The summed E-state index contributed by atoms with van der Waals surface area (Å²) in [6.45, 7) is 3.85. The van der Waals surface area contributed by atoms with Gasteiger partial charge in [-0.3, -0.25) is 9.78 Å². The van der Waals surface area contributed by atoms with Gasteiger partial charge >= 0.3 is 0 Å². The molecule has 0 spiro atoms. The Morgan fingerprint density at radius 3 is 2.62 bits per heavy atom. The van der Waals surface area contributed by atoms with E-state index < -0.39 is 0 Å². The van der Waals surface area contributed by atoms with Crippen molar-refractivity contribution in [3.8, 4) is 0 Å². The molecule has 4 nitrogen and oxygen atoms in total. The molecule has 0 aliphatic rings. The minimum atomic E-state index is -0.263. The minimum Gasteiger partial charge on any atom is -0.267 e. The summed E-state index contributed by atoms with van der Waals surface area (Å²) in [5, 5.41) is 5.50. The van der Waals surface area contributed by atoms with Crippen LogP contribution in [0.1, 0.15) is 27.2 Å². The number of nitrogens with one attached hydrogen (secondary N) is 1. The van der Waals surface area contributed by atoms with Crippen molar-refractivity contribution >= 4 is 34.6 Å². The number of hydrogen-bond donors (Lipinski definition) is 1. The van der Waals surface area contributed by atoms with Crippen molar-refractivity contribution in [1.82, 2.24) is 10.4 Å². The van der Waals surface area contributed by atoms with Crippen LogP contribution in [0.15, 0.2) is 53.6 Å². The average Bonchev–Trinajstić information content (AvgIpc) is 2.56. The average molecular weight is 338 g/mol. The first kappa shape index (κ1) is 16.1. The van der Waals surface area contributed by atoms with E-state index in [0.29, 0.717) is 10.6 Å². The number of hydrazone groups is 1. The Labute approximate surface area is 145 Å². The fourth-order valence-corrected chi connectivity index (χ4v) is 2.56. The van der Waals surface area contributed by atoms with Crippen LogP contribution in [0.25, 0.3) is 10.9 Å². The molecule has 3 aromatic rings. The van der Waals surface area contributed by atoms with Crippen molar-refractivity contribution in [3.63, 3.8) is 0 Å². The van der Waals surface area contributed by atoms with Gasteiger partial charge in [-0.1, -0.05) is 35.4 Å². The highest BCUT2D eigenvalue weighted by molar-refractivity contribution is 6.30. The van der Waals surface area contributed by atoms with Gasteiger partial charge in [-0.05, 0) is 49.7 Å². The Morgan fingerprint density at radius 1 is 1.12 bits per heavy atom. The summed E-state index contributed by atoms with van der Waals surface area (Å²) in [4.78, 5) is 17.0. The first-order valence-electron chi connectivity index (χ1n) is 7.50. The van der Waals surface area contributed by atoms with Crippen LogP contribution in [0.3, 0.4) is 0 Å². The second kappa shape index (κ2) is 6.81. The first-order chi connectivity index (χ1) is 11.5. The number of benzene rings is 2. The molecule has 0 bridgehead atoms. The number of fused-ring (bicyclic) bond motifs is 1. The Morgan fingerprint density at radius 2 is 1.88 bits per heavy atom. The Kier molecular flexibility index (Phi) is 4.58. The van der Waals surface area contributed by atoms with E-state index in [1.165, 1.54) is 0 Å². The van der Waals surface area contributed by atoms with Crippen LogP contribution in [0.4, 0.5) is 0 Å². The molecule has 0 radical (unpaired) electrons. The molecule has 120 valence electrons. The van der Waals surface area contributed by atoms with E-state index in [0.717, 1.165) is 27.7 Å². The predicted molar refractivity (Wildman–Crippen MR) is 97.7 cm³/mol. The monoisotopic (exact) mass is 337 g/mol. The quantitative estimate of drug-likeness (QED) is 0.573. The van der Waals surface area contributed by atoms with E-state index in [4.69, 9.17) is 11.6 Å². The lowest BCUT2D eigenvalue weighted by Crippen LogP contribution is -2.18. The Balaban J connectivity index is 1.86. The summed E-state index contributed by atoms with van der Waals surface area (Å²) in [5.74, 6) is -0.263. The van der Waals surface area contributed by atoms with Crippen LogP contribution in [0.2, 0.25) is 5.02 Å². The summed E-state index contributed by atoms with van der Waals surface area (Å²) in [6.07, 6.45) is 1.58. The molecule has 1 amide bonds. The molecular weight excluding hydrogens is 322 g/mol. The third-order valence-electron chi connectivity index (χ3n) is 3.59. The lowest BCUT2D eigenvalue weighted by atomic mass is 10.1. The molecule has 2 aromatic carbocycles. The fraction of sp³-hybridized carbons (Fsp3) is 0.105. The maximum atomic E-state index is 12.5. The zero-order valence-corrected chi connectivity index (χ0v) is 14.1. The summed E-state index contributed by atoms with van der Waals surface area (Å²) < 4.78 is 0. The van der Waals surface area contributed by atoms with Gasteiger partial charge < -0.3 is 0 Å². The van der Waals surface area contributed by atoms with E-state index in [-0.39, 0.29) is 5.91 Å². The molecule has 0 aliphatic heterocycles. The van der Waals surface area contributed by atoms with Crippen LogP contribution in [0.5, 0.6) is 0 Å². The predicted octanol–water partition coefficient (Wildman–Crippen LogP) is 4.27. The molecule has 0 fully saturated rings. The van der Waals surface area contributed by atoms with Crippen molar-refractivity contribution < 1.29 is 4.79 Å². The van der Waals surface area contributed by atoms with Gasteiger partial charge in [0.15, 0.2) is 0 Å². The smallest absolute Gasteiger partial charge is 0.267 e. The van der Waals surface area contributed by atoms with E-state index in [9.17, 15) is 4.79 Å². The summed E-state index contributed by atoms with van der Waals surface area (Å²) in [5.41, 5.74) is 6.65. The van der Waals surface area contributed by atoms with Gasteiger partial charge in [-0.2, -0.15) is 5.10 Å². The van der Waals surface area contributed by atoms with E-state index >= 15 is 0 Å². The molecule has 0 aliphatic carbocycles. The second-order valence-corrected chi connectivity index (χ2v) is 6.02. The molecule has 1 heterocycles. The lowest BCUT2D eigenvalue weighted by Gasteiger charge is -2.07. The Hall–Kier alpha value is -2.72. The molecule has 1 N–H and O–H groups in total. The van der Waals surface area contributed by atoms with Gasteiger partial charge in [0.05, 0.1) is 17.3 Å². The van der Waals surface area contributed by atoms with Crippen LogP contribution >= 0.6 is 11.6 Å². The highest BCUT2D eigenvalue weighted by Crippen LogP contribution is 2.20. The molecule has 1 aromatic heterocycles. The second-order valence-electron chi connectivity index (χ2n) is 5.58. The number of aromatic nitrogens is 1. The SMILES string of the molecule is Cc1ccc2nc(C)cc(C(=O)NN=Cc3ccc(Cl)cc3)c2c1. The number of carbonyl (C=O) groups excluding carboxylic acids is 1. The van der Waals surface area contributed by atoms with E-state index in [1.807, 2.05) is 44.2 Å². The van der Waals surface area contributed by atoms with Crippen molar-refractivity contribution in [1.29, 1.82) is 0 Å². The van der Waals surface area contributed by atoms with Crippen molar-refractivity contribution in [3.05, 3.63) is 75.9 Å². The normalized spacial score (nSPS) is 11.1. The molecule has 24 heavy (non-hydrogen) atoms. The Bertz CT molecular complexity index is 933. The van der Waals surface area contributed by atoms with Crippen LogP contribution in [-0.2, 0) is 0 Å². The summed E-state index contributed by atoms with van der Waals surface area (Å²) in [7, 11) is 0. The number of nitrogens with zero attached hydrogens (tertiary/aromatic N) is 2. The summed E-state index contributed by atoms with van der Waals surface area (Å²) >= 11 is 5.84. The lowest BCUT2D eigenvalue weighted by molar-refractivity contribution is 0.0956. The number of hydrogen-bond acceptors (Lipinski definition) is 3. The van der Waals surface area contributed by atoms with Crippen molar-refractivity contribution in [2.24, 2.45) is 5.10 Å². The highest BCUT2D eigenvalue weighted by atomic mass is 35.5. The zero-order valence-electron chi connectivity index (χ0n) is 13.4. The van der Waals surface area contributed by atoms with Crippen molar-refractivity contribution in [2.75, 3.05) is 0 Å². The fourth-order valence-electron chi connectivity index (χ4n) is 2.43. The topological polar surface area (TPSA) is 54.4 Å². The van der Waals surface area contributed by atoms with Gasteiger partial charge in [0, 0.05) is 16.1 Å². The van der Waals surface area contributed by atoms with Crippen LogP contribution in [-0.4, -0.2) is 17.1 Å². The number of amides is 1. The van der Waals surface area contributed by atoms with Gasteiger partial charge in [-0.15, -0.1) is 0 Å². The molecule has 5 heteroatoms. The molecule has 0 saturated heterocycles. The number of pyridine rings is 1. The summed E-state index contributed by atoms with van der Waals surface area (Å²) in [6, 6.07) is 14.8. The third-order valence-corrected chi connectivity index (χ3v) is 3.84. The standard InChI is InChI=1S/C19H16ClN3O/c1-12-3-8-18-16(9-12)17(10-13(2)22-18)19(24)23-21-11-14-4-6-15(20)7-5-14/h3-11H,1-2H3,(H,23,24). The largest absolute Gasteiger partial charge is 0.272 e.